The molecule has 0 aromatic heterocycles. The average molecular weight is 380 g/mol. The van der Waals surface area contributed by atoms with Gasteiger partial charge in [0.25, 0.3) is 0 Å². The first-order chi connectivity index (χ1) is 13.5. The van der Waals surface area contributed by atoms with Gasteiger partial charge in [-0.3, -0.25) is 19.3 Å². The predicted molar refractivity (Wildman–Crippen MR) is 109 cm³/mol. The largest absolute Gasteiger partial charge is 0.378 e. The van der Waals surface area contributed by atoms with E-state index in [1.807, 2.05) is 61.5 Å². The van der Waals surface area contributed by atoms with Gasteiger partial charge in [-0.1, -0.05) is 18.2 Å². The van der Waals surface area contributed by atoms with E-state index in [0.29, 0.717) is 24.2 Å². The molecule has 3 rings (SSSR count). The summed E-state index contributed by atoms with van der Waals surface area (Å²) in [6.45, 7) is -0.151. The van der Waals surface area contributed by atoms with Crippen molar-refractivity contribution in [3.63, 3.8) is 0 Å². The fourth-order valence-electron chi connectivity index (χ4n) is 3.18. The van der Waals surface area contributed by atoms with Gasteiger partial charge in [0.1, 0.15) is 6.04 Å². The zero-order chi connectivity index (χ0) is 20.1. The van der Waals surface area contributed by atoms with Gasteiger partial charge < -0.3 is 15.5 Å². The van der Waals surface area contributed by atoms with E-state index in [1.165, 1.54) is 4.90 Å². The third-order valence-corrected chi connectivity index (χ3v) is 4.64. The van der Waals surface area contributed by atoms with Gasteiger partial charge in [0.2, 0.25) is 17.7 Å². The van der Waals surface area contributed by atoms with Crippen molar-refractivity contribution in [3.05, 3.63) is 54.6 Å². The first kappa shape index (κ1) is 19.4. The molecule has 2 aromatic carbocycles. The molecule has 1 saturated heterocycles. The lowest BCUT2D eigenvalue weighted by molar-refractivity contribution is -0.125. The molecule has 1 fully saturated rings. The Morgan fingerprint density at radius 2 is 1.75 bits per heavy atom. The first-order valence-corrected chi connectivity index (χ1v) is 9.18. The molecule has 0 aliphatic carbocycles. The average Bonchev–Trinajstić information content (AvgIpc) is 3.08. The molecule has 2 aromatic rings. The van der Waals surface area contributed by atoms with Crippen LogP contribution in [0.15, 0.2) is 54.6 Å². The highest BCUT2D eigenvalue weighted by molar-refractivity contribution is 6.04. The Hall–Kier alpha value is -3.35. The minimum absolute atomic E-state index is 0.0863. The van der Waals surface area contributed by atoms with E-state index in [-0.39, 0.29) is 24.3 Å². The number of carbonyl (C=O) groups excluding carboxylic acids is 3. The van der Waals surface area contributed by atoms with Crippen LogP contribution in [0.1, 0.15) is 12.8 Å². The van der Waals surface area contributed by atoms with Gasteiger partial charge in [0.15, 0.2) is 0 Å². The number of para-hydroxylation sites is 1. The highest BCUT2D eigenvalue weighted by Crippen LogP contribution is 2.26. The second kappa shape index (κ2) is 8.56. The molecular formula is C21H24N4O3. The third-order valence-electron chi connectivity index (χ3n) is 4.64. The monoisotopic (exact) mass is 380 g/mol. The molecule has 0 saturated carbocycles. The molecule has 0 bridgehead atoms. The normalized spacial score (nSPS) is 16.0. The summed E-state index contributed by atoms with van der Waals surface area (Å²) < 4.78 is 0. The maximum absolute atomic E-state index is 12.6. The van der Waals surface area contributed by atoms with Crippen LogP contribution in [0, 0.1) is 0 Å². The molecule has 0 radical (unpaired) electrons. The van der Waals surface area contributed by atoms with E-state index in [4.69, 9.17) is 0 Å². The number of hydrogen-bond acceptors (Lipinski definition) is 4. The lowest BCUT2D eigenvalue weighted by Gasteiger charge is -2.24. The summed E-state index contributed by atoms with van der Waals surface area (Å²) in [5.41, 5.74) is 2.38. The summed E-state index contributed by atoms with van der Waals surface area (Å²) in [6.07, 6.45) is 0.755. The van der Waals surface area contributed by atoms with E-state index >= 15 is 0 Å². The molecule has 1 heterocycles. The Morgan fingerprint density at radius 1 is 1.07 bits per heavy atom. The van der Waals surface area contributed by atoms with E-state index in [2.05, 4.69) is 10.6 Å². The molecule has 1 aliphatic rings. The third kappa shape index (κ3) is 4.49. The van der Waals surface area contributed by atoms with Crippen LogP contribution in [0.25, 0.3) is 0 Å². The van der Waals surface area contributed by atoms with Crippen molar-refractivity contribution in [1.82, 2.24) is 5.32 Å². The SMILES string of the molecule is CN(C)c1ccc(NC(=O)CNC(=O)C2CCC(=O)N2c2ccccc2)cc1. The molecule has 1 atom stereocenters. The Bertz CT molecular complexity index is 850. The van der Waals surface area contributed by atoms with Gasteiger partial charge in [0.05, 0.1) is 6.54 Å². The summed E-state index contributed by atoms with van der Waals surface area (Å²) in [6, 6.07) is 15.9. The second-order valence-corrected chi connectivity index (χ2v) is 6.86. The summed E-state index contributed by atoms with van der Waals surface area (Å²) in [4.78, 5) is 40.4. The minimum atomic E-state index is -0.595. The van der Waals surface area contributed by atoms with Crippen LogP contribution in [-0.4, -0.2) is 44.4 Å². The van der Waals surface area contributed by atoms with Crippen molar-refractivity contribution in [3.8, 4) is 0 Å². The lowest BCUT2D eigenvalue weighted by atomic mass is 10.2. The quantitative estimate of drug-likeness (QED) is 0.803. The van der Waals surface area contributed by atoms with Crippen LogP contribution in [0.4, 0.5) is 17.1 Å². The number of hydrogen-bond donors (Lipinski definition) is 2. The number of rotatable bonds is 6. The van der Waals surface area contributed by atoms with Gasteiger partial charge in [0, 0.05) is 37.6 Å². The fourth-order valence-corrected chi connectivity index (χ4v) is 3.18. The van der Waals surface area contributed by atoms with Gasteiger partial charge in [-0.05, 0) is 42.8 Å². The summed E-state index contributed by atoms with van der Waals surface area (Å²) >= 11 is 0. The van der Waals surface area contributed by atoms with Crippen molar-refractivity contribution in [2.45, 2.75) is 18.9 Å². The highest BCUT2D eigenvalue weighted by Gasteiger charge is 2.36. The highest BCUT2D eigenvalue weighted by atomic mass is 16.2. The molecular weight excluding hydrogens is 356 g/mol. The smallest absolute Gasteiger partial charge is 0.243 e. The topological polar surface area (TPSA) is 81.8 Å². The Morgan fingerprint density at radius 3 is 2.39 bits per heavy atom. The van der Waals surface area contributed by atoms with Crippen molar-refractivity contribution in [2.24, 2.45) is 0 Å². The van der Waals surface area contributed by atoms with Crippen LogP contribution in [0.2, 0.25) is 0 Å². The summed E-state index contributed by atoms with van der Waals surface area (Å²) in [7, 11) is 3.88. The maximum Gasteiger partial charge on any atom is 0.243 e. The van der Waals surface area contributed by atoms with Crippen molar-refractivity contribution >= 4 is 34.8 Å². The number of anilines is 3. The number of carbonyl (C=O) groups is 3. The molecule has 28 heavy (non-hydrogen) atoms. The molecule has 2 N–H and O–H groups in total. The van der Waals surface area contributed by atoms with Crippen LogP contribution in [-0.2, 0) is 14.4 Å². The molecule has 146 valence electrons. The second-order valence-electron chi connectivity index (χ2n) is 6.86. The number of benzene rings is 2. The zero-order valence-electron chi connectivity index (χ0n) is 16.0. The first-order valence-electron chi connectivity index (χ1n) is 9.18. The number of amides is 3. The van der Waals surface area contributed by atoms with Crippen LogP contribution in [0.3, 0.4) is 0 Å². The molecule has 7 nitrogen and oxygen atoms in total. The Kier molecular flexibility index (Phi) is 5.93. The van der Waals surface area contributed by atoms with E-state index in [1.54, 1.807) is 12.1 Å². The van der Waals surface area contributed by atoms with Gasteiger partial charge in [-0.15, -0.1) is 0 Å². The van der Waals surface area contributed by atoms with Crippen LogP contribution in [0.5, 0.6) is 0 Å². The lowest BCUT2D eigenvalue weighted by Crippen LogP contribution is -2.46. The summed E-state index contributed by atoms with van der Waals surface area (Å²) in [5, 5.41) is 5.39. The van der Waals surface area contributed by atoms with Crippen molar-refractivity contribution < 1.29 is 14.4 Å². The van der Waals surface area contributed by atoms with Crippen molar-refractivity contribution in [1.29, 1.82) is 0 Å². The zero-order valence-corrected chi connectivity index (χ0v) is 16.0. The Balaban J connectivity index is 1.55. The van der Waals surface area contributed by atoms with Crippen molar-refractivity contribution in [2.75, 3.05) is 35.8 Å². The number of nitrogens with one attached hydrogen (secondary N) is 2. The van der Waals surface area contributed by atoms with E-state index in [9.17, 15) is 14.4 Å². The van der Waals surface area contributed by atoms with E-state index < -0.39 is 6.04 Å². The number of nitrogens with zero attached hydrogens (tertiary/aromatic N) is 2. The van der Waals surface area contributed by atoms with E-state index in [0.717, 1.165) is 5.69 Å². The molecule has 1 unspecified atom stereocenters. The molecule has 1 aliphatic heterocycles. The van der Waals surface area contributed by atoms with Crippen LogP contribution >= 0.6 is 0 Å². The van der Waals surface area contributed by atoms with Gasteiger partial charge in [-0.25, -0.2) is 0 Å². The maximum atomic E-state index is 12.6. The van der Waals surface area contributed by atoms with Gasteiger partial charge >= 0.3 is 0 Å². The minimum Gasteiger partial charge on any atom is -0.378 e. The molecule has 3 amide bonds. The fraction of sp³-hybridized carbons (Fsp3) is 0.286. The van der Waals surface area contributed by atoms with Gasteiger partial charge in [-0.2, -0.15) is 0 Å². The summed E-state index contributed by atoms with van der Waals surface area (Å²) in [5.74, 6) is -0.730. The van der Waals surface area contributed by atoms with Crippen LogP contribution < -0.4 is 20.4 Å². The predicted octanol–water partition coefficient (Wildman–Crippen LogP) is 2.00. The standard InChI is InChI=1S/C21H24N4O3/c1-24(2)16-10-8-15(9-11-16)23-19(26)14-22-21(28)18-12-13-20(27)25(18)17-6-4-3-5-7-17/h3-11,18H,12-14H2,1-2H3,(H,22,28)(H,23,26). The molecule has 7 heteroatoms. The Labute approximate surface area is 164 Å². The molecule has 0 spiro atoms.